The molecule has 4 heteroatoms. The maximum absolute atomic E-state index is 12.7. The van der Waals surface area contributed by atoms with Crippen molar-refractivity contribution in [1.29, 1.82) is 0 Å². The molecule has 0 atom stereocenters. The second kappa shape index (κ2) is 8.72. The Balaban J connectivity index is 0.00000200. The number of ether oxygens (including phenoxy) is 1. The zero-order valence-corrected chi connectivity index (χ0v) is 13.1. The molecule has 0 aliphatic carbocycles. The molecule has 0 unspecified atom stereocenters. The quantitative estimate of drug-likeness (QED) is 0.809. The Kier molecular flexibility index (Phi) is 7.26. The lowest BCUT2D eigenvalue weighted by atomic mass is 10.1. The molecule has 0 aromatic heterocycles. The zero-order valence-electron chi connectivity index (χ0n) is 11.4. The molecule has 108 valence electrons. The van der Waals surface area contributed by atoms with Crippen LogP contribution in [0.15, 0.2) is 48.5 Å². The number of hydrogen-bond acceptors (Lipinski definition) is 2. The molecule has 0 amide bonds. The average Bonchev–Trinajstić information content (AvgIpc) is 2.46. The number of methoxy groups -OCH3 is 1. The largest absolute Gasteiger partial charge is 0.497 e. The van der Waals surface area contributed by atoms with Gasteiger partial charge >= 0.3 is 0 Å². The summed E-state index contributed by atoms with van der Waals surface area (Å²) in [5.41, 5.74) is 2.33. The summed E-state index contributed by atoms with van der Waals surface area (Å²) in [7, 11) is 1.67. The number of rotatable bonds is 6. The second-order valence-electron chi connectivity index (χ2n) is 4.40. The lowest BCUT2D eigenvalue weighted by Gasteiger charge is -2.06. The molecule has 0 aliphatic heterocycles. The molecular formula is C16H19BrFNO. The van der Waals surface area contributed by atoms with E-state index in [1.165, 1.54) is 17.7 Å². The molecule has 1 N–H and O–H groups in total. The van der Waals surface area contributed by atoms with Crippen LogP contribution in [-0.2, 0) is 13.0 Å². The van der Waals surface area contributed by atoms with E-state index in [-0.39, 0.29) is 22.8 Å². The minimum Gasteiger partial charge on any atom is -0.497 e. The van der Waals surface area contributed by atoms with Gasteiger partial charge in [-0.25, -0.2) is 4.39 Å². The van der Waals surface area contributed by atoms with Crippen LogP contribution in [0.25, 0.3) is 0 Å². The maximum Gasteiger partial charge on any atom is 0.123 e. The van der Waals surface area contributed by atoms with Gasteiger partial charge in [-0.05, 0) is 48.4 Å². The Labute approximate surface area is 129 Å². The standard InChI is InChI=1S/C16H18FNO.BrH/c1-19-16-4-2-3-13(11-16)9-10-18-12-14-5-7-15(17)8-6-14;/h2-8,11,18H,9-10,12H2,1H3;1H. The van der Waals surface area contributed by atoms with Gasteiger partial charge in [0.25, 0.3) is 0 Å². The van der Waals surface area contributed by atoms with E-state index in [4.69, 9.17) is 4.74 Å². The first-order chi connectivity index (χ1) is 9.28. The lowest BCUT2D eigenvalue weighted by molar-refractivity contribution is 0.414. The highest BCUT2D eigenvalue weighted by Crippen LogP contribution is 2.12. The van der Waals surface area contributed by atoms with E-state index in [0.717, 1.165) is 30.8 Å². The van der Waals surface area contributed by atoms with Gasteiger partial charge in [0.1, 0.15) is 11.6 Å². The summed E-state index contributed by atoms with van der Waals surface area (Å²) in [6, 6.07) is 14.6. The summed E-state index contributed by atoms with van der Waals surface area (Å²) in [6.45, 7) is 1.63. The van der Waals surface area contributed by atoms with Gasteiger partial charge in [-0.2, -0.15) is 0 Å². The van der Waals surface area contributed by atoms with Crippen molar-refractivity contribution < 1.29 is 9.13 Å². The van der Waals surface area contributed by atoms with Crippen molar-refractivity contribution in [1.82, 2.24) is 5.32 Å². The molecule has 0 radical (unpaired) electrons. The predicted octanol–water partition coefficient (Wildman–Crippen LogP) is 3.74. The second-order valence-corrected chi connectivity index (χ2v) is 4.40. The number of halogens is 2. The first kappa shape index (κ1) is 16.7. The minimum absolute atomic E-state index is 0. The summed E-state index contributed by atoms with van der Waals surface area (Å²) >= 11 is 0. The third-order valence-corrected chi connectivity index (χ3v) is 2.97. The average molecular weight is 340 g/mol. The normalized spacial score (nSPS) is 9.90. The Morgan fingerprint density at radius 1 is 1.05 bits per heavy atom. The van der Waals surface area contributed by atoms with E-state index in [0.29, 0.717) is 0 Å². The number of nitrogens with one attached hydrogen (secondary N) is 1. The molecule has 0 fully saturated rings. The van der Waals surface area contributed by atoms with Gasteiger partial charge < -0.3 is 10.1 Å². The minimum atomic E-state index is -0.194. The van der Waals surface area contributed by atoms with E-state index in [1.807, 2.05) is 18.2 Å². The number of benzene rings is 2. The fraction of sp³-hybridized carbons (Fsp3) is 0.250. The van der Waals surface area contributed by atoms with Crippen molar-refractivity contribution in [3.63, 3.8) is 0 Å². The van der Waals surface area contributed by atoms with Crippen molar-refractivity contribution in [2.24, 2.45) is 0 Å². The van der Waals surface area contributed by atoms with Crippen LogP contribution >= 0.6 is 17.0 Å². The van der Waals surface area contributed by atoms with Gasteiger partial charge in [-0.15, -0.1) is 17.0 Å². The van der Waals surface area contributed by atoms with Gasteiger partial charge in [-0.1, -0.05) is 24.3 Å². The lowest BCUT2D eigenvalue weighted by Crippen LogP contribution is -2.16. The van der Waals surface area contributed by atoms with E-state index < -0.39 is 0 Å². The fourth-order valence-corrected chi connectivity index (χ4v) is 1.90. The molecule has 0 aliphatic rings. The van der Waals surface area contributed by atoms with Gasteiger partial charge in [0.15, 0.2) is 0 Å². The van der Waals surface area contributed by atoms with Gasteiger partial charge in [0.2, 0.25) is 0 Å². The molecular weight excluding hydrogens is 321 g/mol. The zero-order chi connectivity index (χ0) is 13.5. The highest BCUT2D eigenvalue weighted by Gasteiger charge is 1.97. The van der Waals surface area contributed by atoms with Crippen molar-refractivity contribution in [2.45, 2.75) is 13.0 Å². The van der Waals surface area contributed by atoms with Crippen LogP contribution in [0.3, 0.4) is 0 Å². The van der Waals surface area contributed by atoms with Crippen molar-refractivity contribution in [3.8, 4) is 5.75 Å². The molecule has 0 saturated heterocycles. The third-order valence-electron chi connectivity index (χ3n) is 2.97. The molecule has 0 bridgehead atoms. The van der Waals surface area contributed by atoms with Gasteiger partial charge in [0, 0.05) is 6.54 Å². The smallest absolute Gasteiger partial charge is 0.123 e. The fourth-order valence-electron chi connectivity index (χ4n) is 1.90. The van der Waals surface area contributed by atoms with Crippen LogP contribution in [0, 0.1) is 5.82 Å². The molecule has 2 aromatic rings. The van der Waals surface area contributed by atoms with E-state index in [1.54, 1.807) is 19.2 Å². The Bertz CT molecular complexity index is 516. The number of hydrogen-bond donors (Lipinski definition) is 1. The first-order valence-corrected chi connectivity index (χ1v) is 6.36. The SMILES string of the molecule is Br.COc1cccc(CCNCc2ccc(F)cc2)c1. The molecule has 2 aromatic carbocycles. The van der Waals surface area contributed by atoms with Crippen LogP contribution in [0.4, 0.5) is 4.39 Å². The molecule has 2 nitrogen and oxygen atoms in total. The van der Waals surface area contributed by atoms with Gasteiger partial charge in [-0.3, -0.25) is 0 Å². The van der Waals surface area contributed by atoms with E-state index in [9.17, 15) is 4.39 Å². The summed E-state index contributed by atoms with van der Waals surface area (Å²) in [4.78, 5) is 0. The summed E-state index contributed by atoms with van der Waals surface area (Å²) in [5.74, 6) is 0.691. The summed E-state index contributed by atoms with van der Waals surface area (Å²) in [5, 5.41) is 3.34. The molecule has 20 heavy (non-hydrogen) atoms. The highest BCUT2D eigenvalue weighted by atomic mass is 79.9. The van der Waals surface area contributed by atoms with Crippen LogP contribution in [0.5, 0.6) is 5.75 Å². The molecule has 0 heterocycles. The monoisotopic (exact) mass is 339 g/mol. The van der Waals surface area contributed by atoms with Crippen LogP contribution < -0.4 is 10.1 Å². The molecule has 0 saturated carbocycles. The molecule has 0 spiro atoms. The van der Waals surface area contributed by atoms with Crippen molar-refractivity contribution in [3.05, 3.63) is 65.5 Å². The molecule has 2 rings (SSSR count). The Morgan fingerprint density at radius 3 is 2.50 bits per heavy atom. The third kappa shape index (κ3) is 5.31. The highest BCUT2D eigenvalue weighted by molar-refractivity contribution is 8.93. The van der Waals surface area contributed by atoms with Crippen molar-refractivity contribution in [2.75, 3.05) is 13.7 Å². The Hall–Kier alpha value is -1.39. The Morgan fingerprint density at radius 2 is 1.80 bits per heavy atom. The van der Waals surface area contributed by atoms with Crippen LogP contribution in [-0.4, -0.2) is 13.7 Å². The summed E-state index contributed by atoms with van der Waals surface area (Å²) < 4.78 is 17.9. The predicted molar refractivity (Wildman–Crippen MR) is 85.1 cm³/mol. The van der Waals surface area contributed by atoms with E-state index >= 15 is 0 Å². The van der Waals surface area contributed by atoms with Crippen molar-refractivity contribution >= 4 is 17.0 Å². The summed E-state index contributed by atoms with van der Waals surface area (Å²) in [6.07, 6.45) is 0.943. The topological polar surface area (TPSA) is 21.3 Å². The van der Waals surface area contributed by atoms with Crippen LogP contribution in [0.2, 0.25) is 0 Å². The maximum atomic E-state index is 12.7. The van der Waals surface area contributed by atoms with Gasteiger partial charge in [0.05, 0.1) is 7.11 Å². The van der Waals surface area contributed by atoms with Crippen LogP contribution in [0.1, 0.15) is 11.1 Å². The van der Waals surface area contributed by atoms with E-state index in [2.05, 4.69) is 11.4 Å². The first-order valence-electron chi connectivity index (χ1n) is 6.36.